The number of halogens is 3. The van der Waals surface area contributed by atoms with E-state index in [1.54, 1.807) is 0 Å². The van der Waals surface area contributed by atoms with E-state index in [-0.39, 0.29) is 5.13 Å². The van der Waals surface area contributed by atoms with Crippen LogP contribution in [-0.4, -0.2) is 11.6 Å². The zero-order chi connectivity index (χ0) is 15.3. The zero-order valence-corrected chi connectivity index (χ0v) is 12.2. The molecule has 0 saturated heterocycles. The molecule has 3 nitrogen and oxygen atoms in total. The number of hydrogen-bond acceptors (Lipinski definition) is 4. The van der Waals surface area contributed by atoms with Gasteiger partial charge >= 0.3 is 6.18 Å². The van der Waals surface area contributed by atoms with Gasteiger partial charge in [0.2, 0.25) is 0 Å². The molecule has 1 heterocycles. The monoisotopic (exact) mass is 316 g/mol. The Bertz CT molecular complexity index is 566. The first kappa shape index (κ1) is 15.8. The normalized spacial score (nSPS) is 11.6. The number of alkyl halides is 3. The molecule has 21 heavy (non-hydrogen) atoms. The largest absolute Gasteiger partial charge is 0.427 e. The first-order valence-corrected chi connectivity index (χ1v) is 7.23. The first-order chi connectivity index (χ1) is 9.99. The Morgan fingerprint density at radius 2 is 1.86 bits per heavy atom. The van der Waals surface area contributed by atoms with Gasteiger partial charge < -0.3 is 10.1 Å². The van der Waals surface area contributed by atoms with E-state index >= 15 is 0 Å². The molecule has 0 unspecified atom stereocenters. The SMILES string of the molecule is CCOCc1ccc(CNc2ncc(C(F)(F)F)s2)cc1. The third-order valence-corrected chi connectivity index (χ3v) is 3.72. The molecule has 1 aromatic carbocycles. The van der Waals surface area contributed by atoms with Gasteiger partial charge in [-0.3, -0.25) is 0 Å². The highest BCUT2D eigenvalue weighted by Gasteiger charge is 2.33. The van der Waals surface area contributed by atoms with Crippen LogP contribution in [0.2, 0.25) is 0 Å². The van der Waals surface area contributed by atoms with Crippen molar-refractivity contribution in [2.75, 3.05) is 11.9 Å². The molecule has 2 aromatic rings. The highest BCUT2D eigenvalue weighted by Crippen LogP contribution is 2.35. The van der Waals surface area contributed by atoms with Gasteiger partial charge in [-0.25, -0.2) is 4.98 Å². The number of ether oxygens (including phenoxy) is 1. The molecule has 0 aliphatic rings. The second kappa shape index (κ2) is 6.91. The van der Waals surface area contributed by atoms with Crippen LogP contribution < -0.4 is 5.32 Å². The van der Waals surface area contributed by atoms with Crippen LogP contribution in [0.4, 0.5) is 18.3 Å². The standard InChI is InChI=1S/C14H15F3N2OS/c1-2-20-9-11-5-3-10(4-6-11)7-18-13-19-8-12(21-13)14(15,16)17/h3-6,8H,2,7,9H2,1H3,(H,18,19). The van der Waals surface area contributed by atoms with E-state index in [2.05, 4.69) is 10.3 Å². The van der Waals surface area contributed by atoms with Crippen LogP contribution in [0.3, 0.4) is 0 Å². The lowest BCUT2D eigenvalue weighted by atomic mass is 10.1. The van der Waals surface area contributed by atoms with Gasteiger partial charge in [0, 0.05) is 13.2 Å². The molecule has 0 aliphatic heterocycles. The second-order valence-electron chi connectivity index (χ2n) is 4.33. The van der Waals surface area contributed by atoms with Crippen LogP contribution >= 0.6 is 11.3 Å². The smallest absolute Gasteiger partial charge is 0.377 e. The predicted octanol–water partition coefficient (Wildman–Crippen LogP) is 4.31. The molecule has 114 valence electrons. The predicted molar refractivity (Wildman–Crippen MR) is 76.2 cm³/mol. The molecule has 2 rings (SSSR count). The third kappa shape index (κ3) is 4.71. The van der Waals surface area contributed by atoms with Crippen molar-refractivity contribution < 1.29 is 17.9 Å². The lowest BCUT2D eigenvalue weighted by Gasteiger charge is -2.05. The molecule has 7 heteroatoms. The van der Waals surface area contributed by atoms with E-state index < -0.39 is 11.1 Å². The Morgan fingerprint density at radius 1 is 1.19 bits per heavy atom. The van der Waals surface area contributed by atoms with Crippen LogP contribution in [0.25, 0.3) is 0 Å². The molecule has 0 saturated carbocycles. The molecule has 0 spiro atoms. The maximum absolute atomic E-state index is 12.4. The number of aromatic nitrogens is 1. The van der Waals surface area contributed by atoms with Crippen LogP contribution in [0.1, 0.15) is 22.9 Å². The fourth-order valence-corrected chi connectivity index (χ4v) is 2.32. The van der Waals surface area contributed by atoms with E-state index in [1.165, 1.54) is 0 Å². The minimum absolute atomic E-state index is 0.265. The lowest BCUT2D eigenvalue weighted by molar-refractivity contribution is -0.134. The van der Waals surface area contributed by atoms with Gasteiger partial charge in [-0.2, -0.15) is 13.2 Å². The number of thiazole rings is 1. The number of anilines is 1. The molecule has 1 aromatic heterocycles. The summed E-state index contributed by atoms with van der Waals surface area (Å²) in [6.07, 6.45) is -3.49. The van der Waals surface area contributed by atoms with Crippen molar-refractivity contribution in [3.63, 3.8) is 0 Å². The molecule has 0 atom stereocenters. The Labute approximate surface area is 124 Å². The highest BCUT2D eigenvalue weighted by atomic mass is 32.1. The summed E-state index contributed by atoms with van der Waals surface area (Å²) in [4.78, 5) is 3.03. The van der Waals surface area contributed by atoms with Gasteiger partial charge in [0.15, 0.2) is 5.13 Å². The first-order valence-electron chi connectivity index (χ1n) is 6.41. The molecular formula is C14H15F3N2OS. The van der Waals surface area contributed by atoms with Crippen LogP contribution in [0.15, 0.2) is 30.5 Å². The van der Waals surface area contributed by atoms with Crippen LogP contribution in [0, 0.1) is 0 Å². The second-order valence-corrected chi connectivity index (χ2v) is 5.37. The van der Waals surface area contributed by atoms with Gasteiger partial charge in [-0.15, -0.1) is 0 Å². The van der Waals surface area contributed by atoms with Crippen molar-refractivity contribution in [3.05, 3.63) is 46.5 Å². The average Bonchev–Trinajstić information content (AvgIpc) is 2.93. The Kier molecular flexibility index (Phi) is 5.19. The minimum Gasteiger partial charge on any atom is -0.377 e. The Balaban J connectivity index is 1.89. The molecule has 0 amide bonds. The minimum atomic E-state index is -4.33. The number of nitrogens with one attached hydrogen (secondary N) is 1. The molecule has 0 aliphatic carbocycles. The van der Waals surface area contributed by atoms with Gasteiger partial charge in [0.1, 0.15) is 4.88 Å². The summed E-state index contributed by atoms with van der Waals surface area (Å²) in [7, 11) is 0. The van der Waals surface area contributed by atoms with Crippen molar-refractivity contribution in [3.8, 4) is 0 Å². The summed E-state index contributed by atoms with van der Waals surface area (Å²) < 4.78 is 42.6. The molecular weight excluding hydrogens is 301 g/mol. The van der Waals surface area contributed by atoms with Crippen molar-refractivity contribution >= 4 is 16.5 Å². The number of nitrogens with zero attached hydrogens (tertiary/aromatic N) is 1. The summed E-state index contributed by atoms with van der Waals surface area (Å²) in [5.41, 5.74) is 2.04. The van der Waals surface area contributed by atoms with E-state index in [9.17, 15) is 13.2 Å². The Hall–Kier alpha value is -1.60. The van der Waals surface area contributed by atoms with Gasteiger partial charge in [0.25, 0.3) is 0 Å². The maximum Gasteiger partial charge on any atom is 0.427 e. The Morgan fingerprint density at radius 3 is 2.43 bits per heavy atom. The quantitative estimate of drug-likeness (QED) is 0.862. The fourth-order valence-electron chi connectivity index (χ4n) is 1.64. The summed E-state index contributed by atoms with van der Waals surface area (Å²) in [5, 5.41) is 3.16. The van der Waals surface area contributed by atoms with Crippen molar-refractivity contribution in [2.45, 2.75) is 26.3 Å². The van der Waals surface area contributed by atoms with E-state index in [0.29, 0.717) is 31.1 Å². The molecule has 0 bridgehead atoms. The van der Waals surface area contributed by atoms with Gasteiger partial charge in [0.05, 0.1) is 12.8 Å². The van der Waals surface area contributed by atoms with E-state index in [0.717, 1.165) is 17.3 Å². The lowest BCUT2D eigenvalue weighted by Crippen LogP contribution is -2.01. The highest BCUT2D eigenvalue weighted by molar-refractivity contribution is 7.15. The fraction of sp³-hybridized carbons (Fsp3) is 0.357. The van der Waals surface area contributed by atoms with E-state index in [4.69, 9.17) is 4.74 Å². The third-order valence-electron chi connectivity index (χ3n) is 2.72. The van der Waals surface area contributed by atoms with Gasteiger partial charge in [-0.05, 0) is 18.1 Å². The number of hydrogen-bond donors (Lipinski definition) is 1. The maximum atomic E-state index is 12.4. The zero-order valence-electron chi connectivity index (χ0n) is 11.4. The summed E-state index contributed by atoms with van der Waals surface area (Å²) in [6, 6.07) is 7.71. The summed E-state index contributed by atoms with van der Waals surface area (Å²) >= 11 is 0.606. The molecule has 0 fully saturated rings. The topological polar surface area (TPSA) is 34.1 Å². The van der Waals surface area contributed by atoms with Crippen LogP contribution in [0.5, 0.6) is 0 Å². The molecule has 0 radical (unpaired) electrons. The van der Waals surface area contributed by atoms with Crippen molar-refractivity contribution in [1.82, 2.24) is 4.98 Å². The van der Waals surface area contributed by atoms with Crippen molar-refractivity contribution in [2.24, 2.45) is 0 Å². The number of benzene rings is 1. The van der Waals surface area contributed by atoms with Crippen molar-refractivity contribution in [1.29, 1.82) is 0 Å². The van der Waals surface area contributed by atoms with E-state index in [1.807, 2.05) is 31.2 Å². The van der Waals surface area contributed by atoms with Crippen LogP contribution in [-0.2, 0) is 24.1 Å². The molecule has 1 N–H and O–H groups in total. The average molecular weight is 316 g/mol. The number of rotatable bonds is 6. The summed E-state index contributed by atoms with van der Waals surface area (Å²) in [6.45, 7) is 3.59. The van der Waals surface area contributed by atoms with Gasteiger partial charge in [-0.1, -0.05) is 35.6 Å². The summed E-state index contributed by atoms with van der Waals surface area (Å²) in [5.74, 6) is 0.